The number of hydrogen-bond donors (Lipinski definition) is 2. The van der Waals surface area contributed by atoms with Gasteiger partial charge in [-0.3, -0.25) is 5.43 Å². The molecule has 0 aliphatic rings. The first-order valence-corrected chi connectivity index (χ1v) is 5.44. The van der Waals surface area contributed by atoms with Crippen molar-refractivity contribution in [2.45, 2.75) is 19.4 Å². The van der Waals surface area contributed by atoms with Crippen LogP contribution in [0.5, 0.6) is 0 Å². The number of benzene rings is 1. The third-order valence-corrected chi connectivity index (χ3v) is 1.88. The molecule has 19 heavy (non-hydrogen) atoms. The largest absolute Gasteiger partial charge is 0.378 e. The molecule has 0 bridgehead atoms. The van der Waals surface area contributed by atoms with Gasteiger partial charge in [0.1, 0.15) is 17.7 Å². The number of hydrogen-bond acceptors (Lipinski definition) is 5. The number of hydrazone groups is 1. The summed E-state index contributed by atoms with van der Waals surface area (Å²) in [5.41, 5.74) is 2.58. The monoisotopic (exact) mass is 252 g/mol. The second kappa shape index (κ2) is 6.21. The lowest BCUT2D eigenvalue weighted by atomic mass is 10.1. The second-order valence-electron chi connectivity index (χ2n) is 4.19. The van der Waals surface area contributed by atoms with Crippen molar-refractivity contribution in [1.82, 2.24) is 0 Å². The molecule has 0 spiro atoms. The van der Waals surface area contributed by atoms with Crippen LogP contribution in [0.1, 0.15) is 19.4 Å². The molecule has 0 heterocycles. The van der Waals surface area contributed by atoms with Gasteiger partial charge in [-0.25, -0.2) is 0 Å². The van der Waals surface area contributed by atoms with E-state index in [-0.39, 0.29) is 5.71 Å². The van der Waals surface area contributed by atoms with Crippen LogP contribution in [0, 0.1) is 34.5 Å². The first kappa shape index (κ1) is 14.3. The normalized spacial score (nSPS) is 9.32. The summed E-state index contributed by atoms with van der Waals surface area (Å²) in [4.78, 5) is 0. The standard InChI is InChI=1S/C14H12N4O/c1-14(2,19)7-6-11-4-3-5-12(8-11)17-18-13(9-15)10-16/h3-5,8,17,19H,1-2H3. The molecule has 94 valence electrons. The summed E-state index contributed by atoms with van der Waals surface area (Å²) in [5.74, 6) is 5.51. The van der Waals surface area contributed by atoms with Crippen LogP contribution in [0.2, 0.25) is 0 Å². The smallest absolute Gasteiger partial charge is 0.237 e. The summed E-state index contributed by atoms with van der Waals surface area (Å²) in [5, 5.41) is 30.2. The van der Waals surface area contributed by atoms with Crippen molar-refractivity contribution in [2.24, 2.45) is 5.10 Å². The van der Waals surface area contributed by atoms with E-state index in [9.17, 15) is 5.11 Å². The summed E-state index contributed by atoms with van der Waals surface area (Å²) < 4.78 is 0. The predicted octanol–water partition coefficient (Wildman–Crippen LogP) is 1.62. The fourth-order valence-electron chi connectivity index (χ4n) is 1.09. The quantitative estimate of drug-likeness (QED) is 0.475. The van der Waals surface area contributed by atoms with Gasteiger partial charge in [0.25, 0.3) is 0 Å². The molecule has 2 N–H and O–H groups in total. The van der Waals surface area contributed by atoms with Crippen LogP contribution in [0.3, 0.4) is 0 Å². The maximum atomic E-state index is 9.51. The highest BCUT2D eigenvalue weighted by molar-refractivity contribution is 6.10. The molecule has 0 aromatic heterocycles. The van der Waals surface area contributed by atoms with Crippen molar-refractivity contribution >= 4 is 11.4 Å². The Morgan fingerprint density at radius 3 is 2.58 bits per heavy atom. The zero-order valence-corrected chi connectivity index (χ0v) is 10.6. The summed E-state index contributed by atoms with van der Waals surface area (Å²) >= 11 is 0. The minimum absolute atomic E-state index is 0.257. The van der Waals surface area contributed by atoms with Crippen molar-refractivity contribution in [1.29, 1.82) is 10.5 Å². The Labute approximate surface area is 111 Å². The zero-order chi connectivity index (χ0) is 14.3. The average Bonchev–Trinajstić information content (AvgIpc) is 2.37. The fraction of sp³-hybridized carbons (Fsp3) is 0.214. The molecule has 0 unspecified atom stereocenters. The first-order chi connectivity index (χ1) is 8.94. The van der Waals surface area contributed by atoms with Gasteiger partial charge in [-0.15, -0.1) is 0 Å². The van der Waals surface area contributed by atoms with Gasteiger partial charge < -0.3 is 5.11 Å². The van der Waals surface area contributed by atoms with Gasteiger partial charge in [-0.2, -0.15) is 15.6 Å². The summed E-state index contributed by atoms with van der Waals surface area (Å²) in [6.07, 6.45) is 0. The van der Waals surface area contributed by atoms with Gasteiger partial charge in [0, 0.05) is 5.56 Å². The molecular weight excluding hydrogens is 240 g/mol. The maximum Gasteiger partial charge on any atom is 0.237 e. The SMILES string of the molecule is CC(C)(O)C#Cc1cccc(NN=C(C#N)C#N)c1. The number of nitriles is 2. The van der Waals surface area contributed by atoms with Crippen LogP contribution in [0.15, 0.2) is 29.4 Å². The van der Waals surface area contributed by atoms with Crippen molar-refractivity contribution in [2.75, 3.05) is 5.43 Å². The van der Waals surface area contributed by atoms with Gasteiger partial charge in [0.05, 0.1) is 5.69 Å². The van der Waals surface area contributed by atoms with Crippen LogP contribution in [-0.4, -0.2) is 16.4 Å². The number of rotatable bonds is 2. The van der Waals surface area contributed by atoms with Crippen molar-refractivity contribution in [3.8, 4) is 24.0 Å². The molecule has 1 aromatic carbocycles. The molecule has 5 heteroatoms. The van der Waals surface area contributed by atoms with E-state index < -0.39 is 5.60 Å². The molecule has 0 atom stereocenters. The van der Waals surface area contributed by atoms with Crippen LogP contribution >= 0.6 is 0 Å². The Hall–Kier alpha value is -2.81. The van der Waals surface area contributed by atoms with E-state index in [1.165, 1.54) is 0 Å². The molecule has 0 aliphatic heterocycles. The molecule has 0 saturated carbocycles. The summed E-state index contributed by atoms with van der Waals surface area (Å²) in [6, 6.07) is 10.3. The minimum Gasteiger partial charge on any atom is -0.378 e. The molecule has 0 fully saturated rings. The van der Waals surface area contributed by atoms with E-state index in [4.69, 9.17) is 10.5 Å². The minimum atomic E-state index is -1.06. The molecule has 1 aromatic rings. The molecule has 0 aliphatic carbocycles. The van der Waals surface area contributed by atoms with Crippen LogP contribution in [0.4, 0.5) is 5.69 Å². The third-order valence-electron chi connectivity index (χ3n) is 1.88. The number of aliphatic hydroxyl groups is 1. The van der Waals surface area contributed by atoms with Crippen molar-refractivity contribution < 1.29 is 5.11 Å². The lowest BCUT2D eigenvalue weighted by Gasteiger charge is -2.06. The predicted molar refractivity (Wildman–Crippen MR) is 71.9 cm³/mol. The van der Waals surface area contributed by atoms with E-state index >= 15 is 0 Å². The highest BCUT2D eigenvalue weighted by Gasteiger charge is 2.05. The van der Waals surface area contributed by atoms with Gasteiger partial charge in [0.15, 0.2) is 0 Å². The Bertz CT molecular complexity index is 614. The van der Waals surface area contributed by atoms with E-state index in [2.05, 4.69) is 22.4 Å². The number of nitrogens with zero attached hydrogens (tertiary/aromatic N) is 3. The van der Waals surface area contributed by atoms with Crippen molar-refractivity contribution in [3.05, 3.63) is 29.8 Å². The Morgan fingerprint density at radius 2 is 2.00 bits per heavy atom. The van der Waals surface area contributed by atoms with Crippen LogP contribution in [-0.2, 0) is 0 Å². The lowest BCUT2D eigenvalue weighted by Crippen LogP contribution is -2.14. The molecule has 0 amide bonds. The molecule has 1 rings (SSSR count). The van der Waals surface area contributed by atoms with Gasteiger partial charge >= 0.3 is 0 Å². The molecule has 0 saturated heterocycles. The maximum absolute atomic E-state index is 9.51. The third kappa shape index (κ3) is 5.37. The fourth-order valence-corrected chi connectivity index (χ4v) is 1.09. The average molecular weight is 252 g/mol. The van der Waals surface area contributed by atoms with E-state index in [0.717, 1.165) is 0 Å². The highest BCUT2D eigenvalue weighted by atomic mass is 16.3. The molecule has 5 nitrogen and oxygen atoms in total. The van der Waals surface area contributed by atoms with Gasteiger partial charge in [-0.1, -0.05) is 17.9 Å². The Kier molecular flexibility index (Phi) is 4.66. The van der Waals surface area contributed by atoms with Crippen molar-refractivity contribution in [3.63, 3.8) is 0 Å². The summed E-state index contributed by atoms with van der Waals surface area (Å²) in [7, 11) is 0. The Morgan fingerprint density at radius 1 is 1.32 bits per heavy atom. The topological polar surface area (TPSA) is 92.2 Å². The highest BCUT2D eigenvalue weighted by Crippen LogP contribution is 2.10. The second-order valence-corrected chi connectivity index (χ2v) is 4.19. The van der Waals surface area contributed by atoms with E-state index in [0.29, 0.717) is 11.3 Å². The molecular formula is C14H12N4O. The summed E-state index contributed by atoms with van der Waals surface area (Å²) in [6.45, 7) is 3.19. The first-order valence-electron chi connectivity index (χ1n) is 5.44. The number of nitrogens with one attached hydrogen (secondary N) is 1. The molecule has 0 radical (unpaired) electrons. The van der Waals surface area contributed by atoms with Gasteiger partial charge in [0.2, 0.25) is 5.71 Å². The number of anilines is 1. The van der Waals surface area contributed by atoms with Crippen LogP contribution in [0.25, 0.3) is 0 Å². The van der Waals surface area contributed by atoms with E-state index in [1.54, 1.807) is 50.3 Å². The van der Waals surface area contributed by atoms with Gasteiger partial charge in [-0.05, 0) is 32.0 Å². The Balaban J connectivity index is 2.90. The lowest BCUT2D eigenvalue weighted by molar-refractivity contribution is 0.143. The zero-order valence-electron chi connectivity index (χ0n) is 10.6. The van der Waals surface area contributed by atoms with E-state index in [1.807, 2.05) is 0 Å². The van der Waals surface area contributed by atoms with Crippen LogP contribution < -0.4 is 5.43 Å².